The summed E-state index contributed by atoms with van der Waals surface area (Å²) in [6, 6.07) is 5.76. The number of benzene rings is 1. The van der Waals surface area contributed by atoms with Gasteiger partial charge in [0.05, 0.1) is 12.9 Å². The number of methoxy groups -OCH3 is 1. The van der Waals surface area contributed by atoms with Crippen LogP contribution in [0.1, 0.15) is 5.56 Å². The van der Waals surface area contributed by atoms with Crippen LogP contribution in [0.5, 0.6) is 5.75 Å². The van der Waals surface area contributed by atoms with Gasteiger partial charge in [-0.1, -0.05) is 12.1 Å². The molecule has 0 aliphatic carbocycles. The number of sulfone groups is 1. The number of rotatable bonds is 4. The Kier molecular flexibility index (Phi) is 3.89. The summed E-state index contributed by atoms with van der Waals surface area (Å²) in [5.41, 5.74) is 0.515. The number of aromatic hydroxyl groups is 1. The van der Waals surface area contributed by atoms with E-state index in [2.05, 4.69) is 4.74 Å². The molecule has 1 rings (SSSR count). The van der Waals surface area contributed by atoms with Gasteiger partial charge in [-0.2, -0.15) is 0 Å². The molecule has 0 heterocycles. The third-order valence-corrected chi connectivity index (χ3v) is 3.34. The van der Waals surface area contributed by atoms with Crippen molar-refractivity contribution in [3.8, 4) is 5.75 Å². The van der Waals surface area contributed by atoms with E-state index in [1.165, 1.54) is 24.3 Å². The van der Waals surface area contributed by atoms with E-state index in [1.807, 2.05) is 0 Å². The van der Waals surface area contributed by atoms with Gasteiger partial charge in [0.2, 0.25) is 0 Å². The second-order valence-electron chi connectivity index (χ2n) is 3.27. The van der Waals surface area contributed by atoms with Crippen LogP contribution in [0.3, 0.4) is 0 Å². The summed E-state index contributed by atoms with van der Waals surface area (Å²) < 4.78 is 27.3. The van der Waals surface area contributed by atoms with Crippen LogP contribution in [-0.4, -0.2) is 32.4 Å². The van der Waals surface area contributed by atoms with Crippen LogP contribution in [0.25, 0.3) is 0 Å². The second-order valence-corrected chi connectivity index (χ2v) is 5.34. The molecule has 1 aromatic rings. The minimum Gasteiger partial charge on any atom is -0.508 e. The molecule has 0 unspecified atom stereocenters. The molecule has 0 radical (unpaired) electrons. The maximum absolute atomic E-state index is 11.5. The molecular weight excluding hydrogens is 232 g/mol. The summed E-state index contributed by atoms with van der Waals surface area (Å²) in [7, 11) is -2.38. The smallest absolute Gasteiger partial charge is 0.320 e. The molecule has 0 aliphatic heterocycles. The van der Waals surface area contributed by atoms with E-state index in [4.69, 9.17) is 5.11 Å². The molecule has 5 nitrogen and oxygen atoms in total. The average molecular weight is 244 g/mol. The molecule has 16 heavy (non-hydrogen) atoms. The Balaban J connectivity index is 2.73. The Labute approximate surface area is 93.6 Å². The predicted molar refractivity (Wildman–Crippen MR) is 57.6 cm³/mol. The van der Waals surface area contributed by atoms with Gasteiger partial charge in [0.1, 0.15) is 11.5 Å². The Bertz CT molecular complexity index is 460. The lowest BCUT2D eigenvalue weighted by Gasteiger charge is -2.03. The van der Waals surface area contributed by atoms with Crippen LogP contribution in [0.15, 0.2) is 24.3 Å². The van der Waals surface area contributed by atoms with Crippen molar-refractivity contribution >= 4 is 15.8 Å². The number of carbonyl (C=O) groups is 1. The molecular formula is C10H12O5S. The first kappa shape index (κ1) is 12.5. The van der Waals surface area contributed by atoms with E-state index in [-0.39, 0.29) is 11.5 Å². The maximum Gasteiger partial charge on any atom is 0.320 e. The van der Waals surface area contributed by atoms with Gasteiger partial charge in [0.15, 0.2) is 9.84 Å². The third kappa shape index (κ3) is 3.90. The standard InChI is InChI=1S/C10H12O5S/c1-15-10(12)7-16(13,14)6-8-2-4-9(11)5-3-8/h2-5,11H,6-7H2,1H3. The maximum atomic E-state index is 11.5. The van der Waals surface area contributed by atoms with E-state index in [0.717, 1.165) is 7.11 Å². The minimum atomic E-state index is -3.51. The summed E-state index contributed by atoms with van der Waals surface area (Å²) in [6.07, 6.45) is 0. The van der Waals surface area contributed by atoms with Crippen LogP contribution in [0.4, 0.5) is 0 Å². The molecule has 0 saturated heterocycles. The number of esters is 1. The molecule has 1 N–H and O–H groups in total. The van der Waals surface area contributed by atoms with Crippen molar-refractivity contribution in [2.24, 2.45) is 0 Å². The van der Waals surface area contributed by atoms with Crippen molar-refractivity contribution in [1.29, 1.82) is 0 Å². The molecule has 0 spiro atoms. The van der Waals surface area contributed by atoms with Gasteiger partial charge < -0.3 is 9.84 Å². The normalized spacial score (nSPS) is 11.1. The lowest BCUT2D eigenvalue weighted by molar-refractivity contribution is -0.137. The van der Waals surface area contributed by atoms with Gasteiger partial charge in [0, 0.05) is 0 Å². The van der Waals surface area contributed by atoms with Gasteiger partial charge >= 0.3 is 5.97 Å². The highest BCUT2D eigenvalue weighted by molar-refractivity contribution is 7.91. The fraction of sp³-hybridized carbons (Fsp3) is 0.300. The van der Waals surface area contributed by atoms with E-state index < -0.39 is 21.6 Å². The Morgan fingerprint density at radius 2 is 1.88 bits per heavy atom. The molecule has 1 aromatic carbocycles. The van der Waals surface area contributed by atoms with Crippen LogP contribution in [0.2, 0.25) is 0 Å². The van der Waals surface area contributed by atoms with E-state index in [0.29, 0.717) is 5.56 Å². The van der Waals surface area contributed by atoms with Gasteiger partial charge in [0.25, 0.3) is 0 Å². The number of hydrogen-bond donors (Lipinski definition) is 1. The van der Waals surface area contributed by atoms with Crippen molar-refractivity contribution in [1.82, 2.24) is 0 Å². The summed E-state index contributed by atoms with van der Waals surface area (Å²) in [6.45, 7) is 0. The number of hydrogen-bond acceptors (Lipinski definition) is 5. The highest BCUT2D eigenvalue weighted by Crippen LogP contribution is 2.12. The lowest BCUT2D eigenvalue weighted by Crippen LogP contribution is -2.18. The lowest BCUT2D eigenvalue weighted by atomic mass is 10.2. The SMILES string of the molecule is COC(=O)CS(=O)(=O)Cc1ccc(O)cc1. The van der Waals surface area contributed by atoms with Crippen molar-refractivity contribution in [2.45, 2.75) is 5.75 Å². The van der Waals surface area contributed by atoms with E-state index >= 15 is 0 Å². The first-order valence-electron chi connectivity index (χ1n) is 4.48. The Hall–Kier alpha value is -1.56. The van der Waals surface area contributed by atoms with Crippen molar-refractivity contribution in [2.75, 3.05) is 12.9 Å². The molecule has 88 valence electrons. The predicted octanol–water partition coefficient (Wildman–Crippen LogP) is 0.480. The fourth-order valence-corrected chi connectivity index (χ4v) is 2.41. The van der Waals surface area contributed by atoms with Crippen molar-refractivity contribution in [3.05, 3.63) is 29.8 Å². The van der Waals surface area contributed by atoms with Gasteiger partial charge in [-0.3, -0.25) is 4.79 Å². The quantitative estimate of drug-likeness (QED) is 0.779. The summed E-state index contributed by atoms with van der Waals surface area (Å²) >= 11 is 0. The molecule has 0 atom stereocenters. The fourth-order valence-electron chi connectivity index (χ4n) is 1.14. The Morgan fingerprint density at radius 3 is 2.38 bits per heavy atom. The highest BCUT2D eigenvalue weighted by atomic mass is 32.2. The summed E-state index contributed by atoms with van der Waals surface area (Å²) in [5.74, 6) is -1.60. The van der Waals surface area contributed by atoms with Crippen LogP contribution in [0, 0.1) is 0 Å². The van der Waals surface area contributed by atoms with Crippen molar-refractivity contribution in [3.63, 3.8) is 0 Å². The second kappa shape index (κ2) is 4.98. The van der Waals surface area contributed by atoms with Gasteiger partial charge in [-0.25, -0.2) is 8.42 Å². The molecule has 0 aromatic heterocycles. The molecule has 0 saturated carbocycles. The van der Waals surface area contributed by atoms with Crippen molar-refractivity contribution < 1.29 is 23.1 Å². The number of phenols is 1. The zero-order valence-corrected chi connectivity index (χ0v) is 9.53. The molecule has 0 fully saturated rings. The van der Waals surface area contributed by atoms with Crippen LogP contribution >= 0.6 is 0 Å². The topological polar surface area (TPSA) is 80.7 Å². The number of carbonyl (C=O) groups excluding carboxylic acids is 1. The first-order valence-corrected chi connectivity index (χ1v) is 6.30. The van der Waals surface area contributed by atoms with Crippen LogP contribution < -0.4 is 0 Å². The number of phenolic OH excluding ortho intramolecular Hbond substituents is 1. The highest BCUT2D eigenvalue weighted by Gasteiger charge is 2.17. The first-order chi connectivity index (χ1) is 7.43. The monoisotopic (exact) mass is 244 g/mol. The third-order valence-electron chi connectivity index (χ3n) is 1.89. The zero-order chi connectivity index (χ0) is 12.2. The van der Waals surface area contributed by atoms with Gasteiger partial charge in [-0.05, 0) is 17.7 Å². The van der Waals surface area contributed by atoms with Crippen LogP contribution in [-0.2, 0) is 25.1 Å². The minimum absolute atomic E-state index is 0.0640. The van der Waals surface area contributed by atoms with Gasteiger partial charge in [-0.15, -0.1) is 0 Å². The zero-order valence-electron chi connectivity index (χ0n) is 8.71. The summed E-state index contributed by atoms with van der Waals surface area (Å²) in [4.78, 5) is 10.8. The summed E-state index contributed by atoms with van der Waals surface area (Å²) in [5, 5.41) is 9.01. The largest absolute Gasteiger partial charge is 0.508 e. The molecule has 6 heteroatoms. The number of ether oxygens (including phenoxy) is 1. The molecule has 0 amide bonds. The Morgan fingerprint density at radius 1 is 1.31 bits per heavy atom. The van der Waals surface area contributed by atoms with E-state index in [1.54, 1.807) is 0 Å². The molecule has 0 aliphatic rings. The average Bonchev–Trinajstić information content (AvgIpc) is 2.20. The van der Waals surface area contributed by atoms with E-state index in [9.17, 15) is 13.2 Å². The molecule has 0 bridgehead atoms.